The van der Waals surface area contributed by atoms with Crippen molar-refractivity contribution in [2.45, 2.75) is 24.7 Å². The number of hydrogen-bond donors (Lipinski definition) is 1. The minimum atomic E-state index is -3.52. The molecule has 1 aromatic heterocycles. The lowest BCUT2D eigenvalue weighted by Crippen LogP contribution is -2.39. The Labute approximate surface area is 168 Å². The van der Waals surface area contributed by atoms with Crippen LogP contribution in [0.15, 0.2) is 52.9 Å². The fraction of sp³-hybridized carbons (Fsp3) is 0.300. The van der Waals surface area contributed by atoms with E-state index in [-0.39, 0.29) is 10.8 Å². The van der Waals surface area contributed by atoms with E-state index in [1.54, 1.807) is 33.3 Å². The molecule has 3 aromatic rings. The number of anilines is 1. The molecule has 2 heterocycles. The van der Waals surface area contributed by atoms with Gasteiger partial charge in [0.15, 0.2) is 0 Å². The third-order valence-corrected chi connectivity index (χ3v) is 7.65. The molecule has 1 fully saturated rings. The van der Waals surface area contributed by atoms with E-state index < -0.39 is 10.0 Å². The molecule has 0 bridgehead atoms. The summed E-state index contributed by atoms with van der Waals surface area (Å²) in [5, 5.41) is 2.83. The molecule has 6 nitrogen and oxygen atoms in total. The van der Waals surface area contributed by atoms with E-state index in [2.05, 4.69) is 17.2 Å². The lowest BCUT2D eigenvalue weighted by atomic mass is 10.0. The number of aromatic nitrogens is 1. The number of nitrogens with one attached hydrogen (secondary N) is 1. The van der Waals surface area contributed by atoms with Gasteiger partial charge in [-0.15, -0.1) is 11.3 Å². The summed E-state index contributed by atoms with van der Waals surface area (Å²) in [6.07, 6.45) is 1.93. The van der Waals surface area contributed by atoms with E-state index in [0.29, 0.717) is 30.3 Å². The van der Waals surface area contributed by atoms with E-state index in [9.17, 15) is 13.2 Å². The standard InChI is InChI=1S/C20H21N3O3S2/c1-14-3-2-10-23(12-14)28(25,26)17-7-4-15(5-8-17)20(24)22-16-6-9-19-18(11-16)21-13-27-19/h4-9,11,13-14H,2-3,10,12H2,1H3,(H,22,24). The van der Waals surface area contributed by atoms with Gasteiger partial charge in [0.2, 0.25) is 10.0 Å². The predicted molar refractivity (Wildman–Crippen MR) is 111 cm³/mol. The summed E-state index contributed by atoms with van der Waals surface area (Å²) in [5.74, 6) is 0.0775. The Morgan fingerprint density at radius 3 is 2.75 bits per heavy atom. The molecule has 28 heavy (non-hydrogen) atoms. The minimum absolute atomic E-state index is 0.224. The van der Waals surface area contributed by atoms with Crippen LogP contribution in [0.4, 0.5) is 5.69 Å². The number of thiazole rings is 1. The molecule has 1 aliphatic heterocycles. The van der Waals surface area contributed by atoms with Crippen LogP contribution in [-0.2, 0) is 10.0 Å². The zero-order chi connectivity index (χ0) is 19.7. The Kier molecular flexibility index (Phi) is 5.18. The zero-order valence-corrected chi connectivity index (χ0v) is 17.1. The number of benzene rings is 2. The molecule has 1 aliphatic rings. The van der Waals surface area contributed by atoms with Gasteiger partial charge in [0.1, 0.15) is 0 Å². The van der Waals surface area contributed by atoms with Gasteiger partial charge >= 0.3 is 0 Å². The summed E-state index contributed by atoms with van der Waals surface area (Å²) < 4.78 is 28.2. The molecular weight excluding hydrogens is 394 g/mol. The average molecular weight is 416 g/mol. The van der Waals surface area contributed by atoms with Gasteiger partial charge in [-0.1, -0.05) is 6.92 Å². The number of amides is 1. The Morgan fingerprint density at radius 2 is 2.00 bits per heavy atom. The molecular formula is C20H21N3O3S2. The zero-order valence-electron chi connectivity index (χ0n) is 15.5. The summed E-state index contributed by atoms with van der Waals surface area (Å²) in [7, 11) is -3.52. The maximum absolute atomic E-state index is 12.8. The quantitative estimate of drug-likeness (QED) is 0.699. The lowest BCUT2D eigenvalue weighted by Gasteiger charge is -2.30. The van der Waals surface area contributed by atoms with Gasteiger partial charge in [-0.25, -0.2) is 13.4 Å². The van der Waals surface area contributed by atoms with Crippen LogP contribution in [0.5, 0.6) is 0 Å². The Bertz CT molecular complexity index is 1110. The number of fused-ring (bicyclic) bond motifs is 1. The maximum atomic E-state index is 12.8. The number of carbonyl (C=O) groups is 1. The molecule has 0 radical (unpaired) electrons. The van der Waals surface area contributed by atoms with Crippen LogP contribution in [0, 0.1) is 5.92 Å². The van der Waals surface area contributed by atoms with Crippen molar-refractivity contribution in [3.05, 3.63) is 53.5 Å². The van der Waals surface area contributed by atoms with Crippen molar-refractivity contribution in [3.63, 3.8) is 0 Å². The van der Waals surface area contributed by atoms with Crippen LogP contribution >= 0.6 is 11.3 Å². The summed E-state index contributed by atoms with van der Waals surface area (Å²) >= 11 is 1.54. The first-order chi connectivity index (χ1) is 13.4. The SMILES string of the molecule is CC1CCCN(S(=O)(=O)c2ccc(C(=O)Nc3ccc4scnc4c3)cc2)C1. The van der Waals surface area contributed by atoms with Crippen molar-refractivity contribution in [2.24, 2.45) is 5.92 Å². The van der Waals surface area contributed by atoms with E-state index in [1.165, 1.54) is 12.1 Å². The Hall–Kier alpha value is -2.29. The van der Waals surface area contributed by atoms with Gasteiger partial charge < -0.3 is 5.32 Å². The van der Waals surface area contributed by atoms with Gasteiger partial charge in [-0.05, 0) is 61.2 Å². The summed E-state index contributed by atoms with van der Waals surface area (Å²) in [6.45, 7) is 3.16. The van der Waals surface area contributed by atoms with Crippen LogP contribution < -0.4 is 5.32 Å². The average Bonchev–Trinajstić information content (AvgIpc) is 3.16. The Morgan fingerprint density at radius 1 is 1.21 bits per heavy atom. The van der Waals surface area contributed by atoms with Crippen LogP contribution in [0.1, 0.15) is 30.1 Å². The molecule has 1 atom stereocenters. The first kappa shape index (κ1) is 19.0. The van der Waals surface area contributed by atoms with E-state index in [0.717, 1.165) is 23.1 Å². The molecule has 1 saturated heterocycles. The van der Waals surface area contributed by atoms with Crippen LogP contribution in [0.2, 0.25) is 0 Å². The van der Waals surface area contributed by atoms with Crippen molar-refractivity contribution >= 4 is 43.2 Å². The van der Waals surface area contributed by atoms with Crippen molar-refractivity contribution in [2.75, 3.05) is 18.4 Å². The molecule has 146 valence electrons. The molecule has 1 N–H and O–H groups in total. The van der Waals surface area contributed by atoms with Gasteiger partial charge in [-0.2, -0.15) is 4.31 Å². The fourth-order valence-corrected chi connectivity index (χ4v) is 5.69. The largest absolute Gasteiger partial charge is 0.322 e. The lowest BCUT2D eigenvalue weighted by molar-refractivity contribution is 0.102. The van der Waals surface area contributed by atoms with Gasteiger partial charge in [-0.3, -0.25) is 4.79 Å². The molecule has 4 rings (SSSR count). The molecule has 1 unspecified atom stereocenters. The van der Waals surface area contributed by atoms with E-state index in [4.69, 9.17) is 0 Å². The van der Waals surface area contributed by atoms with Crippen molar-refractivity contribution in [3.8, 4) is 0 Å². The van der Waals surface area contributed by atoms with Crippen molar-refractivity contribution < 1.29 is 13.2 Å². The molecule has 0 spiro atoms. The summed E-state index contributed by atoms with van der Waals surface area (Å²) in [5.41, 5.74) is 3.66. The number of nitrogens with zero attached hydrogens (tertiary/aromatic N) is 2. The second-order valence-electron chi connectivity index (χ2n) is 7.12. The molecule has 0 aliphatic carbocycles. The van der Waals surface area contributed by atoms with Crippen molar-refractivity contribution in [1.29, 1.82) is 0 Å². The highest BCUT2D eigenvalue weighted by Gasteiger charge is 2.28. The number of sulfonamides is 1. The normalized spacial score (nSPS) is 18.2. The second kappa shape index (κ2) is 7.62. The van der Waals surface area contributed by atoms with E-state index in [1.807, 2.05) is 18.2 Å². The molecule has 0 saturated carbocycles. The molecule has 2 aromatic carbocycles. The van der Waals surface area contributed by atoms with Crippen LogP contribution in [0.25, 0.3) is 10.2 Å². The number of carbonyl (C=O) groups excluding carboxylic acids is 1. The predicted octanol–water partition coefficient (Wildman–Crippen LogP) is 3.97. The molecule has 1 amide bonds. The monoisotopic (exact) mass is 415 g/mol. The van der Waals surface area contributed by atoms with Crippen LogP contribution in [0.3, 0.4) is 0 Å². The van der Waals surface area contributed by atoms with Gasteiger partial charge in [0, 0.05) is 24.3 Å². The van der Waals surface area contributed by atoms with Gasteiger partial charge in [0.25, 0.3) is 5.91 Å². The number of piperidine rings is 1. The second-order valence-corrected chi connectivity index (χ2v) is 9.95. The maximum Gasteiger partial charge on any atom is 0.255 e. The minimum Gasteiger partial charge on any atom is -0.322 e. The third-order valence-electron chi connectivity index (χ3n) is 4.96. The topological polar surface area (TPSA) is 79.4 Å². The number of hydrogen-bond acceptors (Lipinski definition) is 5. The number of rotatable bonds is 4. The third kappa shape index (κ3) is 3.80. The summed E-state index contributed by atoms with van der Waals surface area (Å²) in [4.78, 5) is 17.0. The summed E-state index contributed by atoms with van der Waals surface area (Å²) in [6, 6.07) is 11.7. The van der Waals surface area contributed by atoms with Crippen LogP contribution in [-0.4, -0.2) is 36.7 Å². The highest BCUT2D eigenvalue weighted by molar-refractivity contribution is 7.89. The first-order valence-corrected chi connectivity index (χ1v) is 11.5. The highest BCUT2D eigenvalue weighted by atomic mass is 32.2. The smallest absolute Gasteiger partial charge is 0.255 e. The first-order valence-electron chi connectivity index (χ1n) is 9.18. The Balaban J connectivity index is 1.49. The highest BCUT2D eigenvalue weighted by Crippen LogP contribution is 2.24. The van der Waals surface area contributed by atoms with Gasteiger partial charge in [0.05, 0.1) is 20.6 Å². The molecule has 8 heteroatoms. The van der Waals surface area contributed by atoms with Crippen molar-refractivity contribution in [1.82, 2.24) is 9.29 Å². The fourth-order valence-electron chi connectivity index (χ4n) is 3.43. The van der Waals surface area contributed by atoms with E-state index >= 15 is 0 Å².